The molecule has 1 aromatic heterocycles. The lowest BCUT2D eigenvalue weighted by Gasteiger charge is -2.32. The van der Waals surface area contributed by atoms with Crippen molar-refractivity contribution in [2.75, 3.05) is 26.2 Å². The molecule has 19 heavy (non-hydrogen) atoms. The molecule has 2 atom stereocenters. The van der Waals surface area contributed by atoms with Crippen molar-refractivity contribution in [3.8, 4) is 0 Å². The van der Waals surface area contributed by atoms with E-state index >= 15 is 0 Å². The predicted octanol–water partition coefficient (Wildman–Crippen LogP) is 1.58. The summed E-state index contributed by atoms with van der Waals surface area (Å²) in [6.45, 7) is 6.04. The molecule has 1 aliphatic rings. The van der Waals surface area contributed by atoms with E-state index in [-0.39, 0.29) is 6.23 Å². The molecule has 4 nitrogen and oxygen atoms in total. The number of pyridine rings is 1. The lowest BCUT2D eigenvalue weighted by atomic mass is 9.95. The van der Waals surface area contributed by atoms with Crippen molar-refractivity contribution in [1.82, 2.24) is 15.2 Å². The zero-order valence-electron chi connectivity index (χ0n) is 11.8. The highest BCUT2D eigenvalue weighted by molar-refractivity contribution is 5.09. The fraction of sp³-hybridized carbons (Fsp3) is 0.667. The highest BCUT2D eigenvalue weighted by atomic mass is 16.3. The highest BCUT2D eigenvalue weighted by Gasteiger charge is 2.19. The van der Waals surface area contributed by atoms with E-state index in [2.05, 4.69) is 28.2 Å². The Kier molecular flexibility index (Phi) is 5.76. The summed E-state index contributed by atoms with van der Waals surface area (Å²) in [6.07, 6.45) is 4.45. The van der Waals surface area contributed by atoms with Gasteiger partial charge in [0.15, 0.2) is 0 Å². The molecule has 2 heterocycles. The zero-order chi connectivity index (χ0) is 13.5. The van der Waals surface area contributed by atoms with Gasteiger partial charge < -0.3 is 10.4 Å². The van der Waals surface area contributed by atoms with Gasteiger partial charge in [-0.15, -0.1) is 0 Å². The summed E-state index contributed by atoms with van der Waals surface area (Å²) in [6, 6.07) is 6.08. The molecule has 0 saturated carbocycles. The molecular weight excluding hydrogens is 238 g/mol. The van der Waals surface area contributed by atoms with E-state index in [1.54, 1.807) is 0 Å². The lowest BCUT2D eigenvalue weighted by Crippen LogP contribution is -2.48. The minimum absolute atomic E-state index is 0.306. The van der Waals surface area contributed by atoms with Crippen molar-refractivity contribution in [3.05, 3.63) is 30.1 Å². The fourth-order valence-electron chi connectivity index (χ4n) is 2.69. The third-order valence-electron chi connectivity index (χ3n) is 3.95. The molecule has 1 aliphatic heterocycles. The second kappa shape index (κ2) is 7.58. The molecule has 0 spiro atoms. The molecular formula is C15H25N3O. The SMILES string of the molecule is CCC(CCC(O)N1CCNCC1)c1ccccn1. The van der Waals surface area contributed by atoms with Crippen molar-refractivity contribution in [2.24, 2.45) is 0 Å². The molecule has 0 aromatic carbocycles. The maximum Gasteiger partial charge on any atom is 0.107 e. The van der Waals surface area contributed by atoms with Crippen molar-refractivity contribution in [3.63, 3.8) is 0 Å². The Hall–Kier alpha value is -0.970. The van der Waals surface area contributed by atoms with E-state index < -0.39 is 0 Å². The van der Waals surface area contributed by atoms with Gasteiger partial charge in [-0.1, -0.05) is 13.0 Å². The van der Waals surface area contributed by atoms with Gasteiger partial charge in [0.25, 0.3) is 0 Å². The van der Waals surface area contributed by atoms with Crippen molar-refractivity contribution in [1.29, 1.82) is 0 Å². The van der Waals surface area contributed by atoms with Gasteiger partial charge in [-0.05, 0) is 31.4 Å². The third kappa shape index (κ3) is 4.27. The summed E-state index contributed by atoms with van der Waals surface area (Å²) in [5, 5.41) is 13.6. The second-order valence-electron chi connectivity index (χ2n) is 5.20. The van der Waals surface area contributed by atoms with Crippen molar-refractivity contribution in [2.45, 2.75) is 38.3 Å². The average Bonchev–Trinajstić information content (AvgIpc) is 2.49. The van der Waals surface area contributed by atoms with Crippen LogP contribution < -0.4 is 5.32 Å². The Morgan fingerprint density at radius 1 is 1.32 bits per heavy atom. The van der Waals surface area contributed by atoms with Gasteiger partial charge in [0.2, 0.25) is 0 Å². The number of nitrogens with one attached hydrogen (secondary N) is 1. The van der Waals surface area contributed by atoms with Crippen LogP contribution in [0.15, 0.2) is 24.4 Å². The summed E-state index contributed by atoms with van der Waals surface area (Å²) in [4.78, 5) is 6.60. The van der Waals surface area contributed by atoms with E-state index in [1.165, 1.54) is 0 Å². The molecule has 2 rings (SSSR count). The van der Waals surface area contributed by atoms with Gasteiger partial charge in [0, 0.05) is 44.0 Å². The quantitative estimate of drug-likeness (QED) is 0.818. The van der Waals surface area contributed by atoms with Crippen LogP contribution in [-0.2, 0) is 0 Å². The summed E-state index contributed by atoms with van der Waals surface area (Å²) in [5.41, 5.74) is 1.15. The van der Waals surface area contributed by atoms with Crippen molar-refractivity contribution >= 4 is 0 Å². The van der Waals surface area contributed by atoms with Crippen LogP contribution in [-0.4, -0.2) is 47.4 Å². The van der Waals surface area contributed by atoms with Gasteiger partial charge in [0.1, 0.15) is 6.23 Å². The Morgan fingerprint density at radius 2 is 2.11 bits per heavy atom. The van der Waals surface area contributed by atoms with Gasteiger partial charge in [-0.2, -0.15) is 0 Å². The van der Waals surface area contributed by atoms with Crippen molar-refractivity contribution < 1.29 is 5.11 Å². The molecule has 0 aliphatic carbocycles. The smallest absolute Gasteiger partial charge is 0.107 e. The number of hydrogen-bond acceptors (Lipinski definition) is 4. The molecule has 106 valence electrons. The molecule has 2 unspecified atom stereocenters. The van der Waals surface area contributed by atoms with E-state index in [4.69, 9.17) is 0 Å². The van der Waals surface area contributed by atoms with E-state index in [0.29, 0.717) is 5.92 Å². The largest absolute Gasteiger partial charge is 0.378 e. The van der Waals surface area contributed by atoms with Crippen LogP contribution in [0.1, 0.15) is 37.8 Å². The molecule has 0 radical (unpaired) electrons. The van der Waals surface area contributed by atoms with Crippen LogP contribution >= 0.6 is 0 Å². The summed E-state index contributed by atoms with van der Waals surface area (Å²) in [5.74, 6) is 0.457. The molecule has 1 aromatic rings. The number of aliphatic hydroxyl groups excluding tert-OH is 1. The molecule has 2 N–H and O–H groups in total. The van der Waals surface area contributed by atoms with Crippen LogP contribution in [0, 0.1) is 0 Å². The van der Waals surface area contributed by atoms with Crippen LogP contribution in [0.2, 0.25) is 0 Å². The second-order valence-corrected chi connectivity index (χ2v) is 5.20. The minimum Gasteiger partial charge on any atom is -0.378 e. The highest BCUT2D eigenvalue weighted by Crippen LogP contribution is 2.24. The first-order valence-electron chi connectivity index (χ1n) is 7.35. The van der Waals surface area contributed by atoms with Gasteiger partial charge in [0.05, 0.1) is 0 Å². The number of aromatic nitrogens is 1. The molecule has 0 amide bonds. The normalized spacial score (nSPS) is 20.1. The zero-order valence-corrected chi connectivity index (χ0v) is 11.8. The molecule has 1 saturated heterocycles. The number of piperazine rings is 1. The number of nitrogens with zero attached hydrogens (tertiary/aromatic N) is 2. The summed E-state index contributed by atoms with van der Waals surface area (Å²) in [7, 11) is 0. The van der Waals surface area contributed by atoms with Crippen LogP contribution in [0.4, 0.5) is 0 Å². The first kappa shape index (κ1) is 14.4. The molecule has 1 fully saturated rings. The Morgan fingerprint density at radius 3 is 2.74 bits per heavy atom. The lowest BCUT2D eigenvalue weighted by molar-refractivity contribution is -0.0116. The standard InChI is InChI=1S/C15H25N3O/c1-2-13(14-5-3-4-8-17-14)6-7-15(19)18-11-9-16-10-12-18/h3-5,8,13,15-16,19H,2,6-7,9-12H2,1H3. The topological polar surface area (TPSA) is 48.4 Å². The predicted molar refractivity (Wildman–Crippen MR) is 77.0 cm³/mol. The van der Waals surface area contributed by atoms with E-state index in [9.17, 15) is 5.11 Å². The first-order valence-corrected chi connectivity index (χ1v) is 7.35. The van der Waals surface area contributed by atoms with E-state index in [0.717, 1.165) is 51.1 Å². The monoisotopic (exact) mass is 263 g/mol. The third-order valence-corrected chi connectivity index (χ3v) is 3.95. The number of aliphatic hydroxyl groups is 1. The Bertz CT molecular complexity index is 352. The summed E-state index contributed by atoms with van der Waals surface area (Å²) < 4.78 is 0. The Labute approximate surface area is 115 Å². The van der Waals surface area contributed by atoms with Crippen LogP contribution in [0.5, 0.6) is 0 Å². The first-order chi connectivity index (χ1) is 9.31. The fourth-order valence-corrected chi connectivity index (χ4v) is 2.69. The van der Waals surface area contributed by atoms with Gasteiger partial charge in [-0.25, -0.2) is 0 Å². The maximum atomic E-state index is 10.2. The average molecular weight is 263 g/mol. The molecule has 0 bridgehead atoms. The maximum absolute atomic E-state index is 10.2. The van der Waals surface area contributed by atoms with Crippen LogP contribution in [0.25, 0.3) is 0 Å². The minimum atomic E-state index is -0.306. The summed E-state index contributed by atoms with van der Waals surface area (Å²) >= 11 is 0. The number of rotatable bonds is 6. The van der Waals surface area contributed by atoms with Crippen LogP contribution in [0.3, 0.4) is 0 Å². The van der Waals surface area contributed by atoms with Gasteiger partial charge >= 0.3 is 0 Å². The Balaban J connectivity index is 1.82. The van der Waals surface area contributed by atoms with Gasteiger partial charge in [-0.3, -0.25) is 9.88 Å². The number of hydrogen-bond donors (Lipinski definition) is 2. The van der Waals surface area contributed by atoms with E-state index in [1.807, 2.05) is 18.3 Å². The molecule has 4 heteroatoms.